The van der Waals surface area contributed by atoms with Crippen LogP contribution in [0.3, 0.4) is 0 Å². The lowest BCUT2D eigenvalue weighted by Gasteiger charge is -2.14. The van der Waals surface area contributed by atoms with Crippen molar-refractivity contribution in [2.45, 2.75) is 32.2 Å². The van der Waals surface area contributed by atoms with Gasteiger partial charge < -0.3 is 10.6 Å². The third-order valence-electron chi connectivity index (χ3n) is 3.95. The fraction of sp³-hybridized carbons (Fsp3) is 0.375. The first-order valence-corrected chi connectivity index (χ1v) is 8.16. The molecule has 1 saturated heterocycles. The minimum absolute atomic E-state index is 0.143. The lowest BCUT2D eigenvalue weighted by molar-refractivity contribution is -0.122. The van der Waals surface area contributed by atoms with E-state index in [4.69, 9.17) is 0 Å². The molecule has 1 aliphatic rings. The van der Waals surface area contributed by atoms with Gasteiger partial charge in [-0.3, -0.25) is 9.59 Å². The van der Waals surface area contributed by atoms with Gasteiger partial charge in [0.1, 0.15) is 11.9 Å². The van der Waals surface area contributed by atoms with E-state index in [0.29, 0.717) is 28.8 Å². The standard InChI is InChI=1S/C16H17FN2O2S/c1-9-13-10(17)5-4-7-12(13)22-14(9)16(21)19-11-6-2-3-8-18-15(11)20/h4-5,7,11H,2-3,6,8H2,1H3,(H,18,20)(H,19,21). The summed E-state index contributed by atoms with van der Waals surface area (Å²) in [7, 11) is 0. The van der Waals surface area contributed by atoms with Crippen LogP contribution in [0.15, 0.2) is 18.2 Å². The molecule has 2 aromatic rings. The molecule has 0 saturated carbocycles. The number of nitrogens with one attached hydrogen (secondary N) is 2. The fourth-order valence-corrected chi connectivity index (χ4v) is 3.90. The van der Waals surface area contributed by atoms with Crippen molar-refractivity contribution in [3.63, 3.8) is 0 Å². The van der Waals surface area contributed by atoms with Crippen LogP contribution in [0.1, 0.15) is 34.5 Å². The highest BCUT2D eigenvalue weighted by atomic mass is 32.1. The molecule has 1 unspecified atom stereocenters. The summed E-state index contributed by atoms with van der Waals surface area (Å²) in [6.07, 6.45) is 2.45. The van der Waals surface area contributed by atoms with Crippen molar-refractivity contribution in [3.05, 3.63) is 34.5 Å². The minimum atomic E-state index is -0.510. The van der Waals surface area contributed by atoms with Crippen LogP contribution in [-0.4, -0.2) is 24.4 Å². The zero-order valence-electron chi connectivity index (χ0n) is 12.2. The smallest absolute Gasteiger partial charge is 0.262 e. The van der Waals surface area contributed by atoms with Gasteiger partial charge in [0.25, 0.3) is 5.91 Å². The lowest BCUT2D eigenvalue weighted by atomic mass is 10.1. The number of thiophene rings is 1. The van der Waals surface area contributed by atoms with E-state index < -0.39 is 6.04 Å². The zero-order valence-corrected chi connectivity index (χ0v) is 13.1. The molecule has 0 radical (unpaired) electrons. The summed E-state index contributed by atoms with van der Waals surface area (Å²) in [6.45, 7) is 2.39. The van der Waals surface area contributed by atoms with Crippen molar-refractivity contribution >= 4 is 33.2 Å². The minimum Gasteiger partial charge on any atom is -0.354 e. The molecule has 1 atom stereocenters. The Labute approximate surface area is 131 Å². The molecule has 116 valence electrons. The number of carbonyl (C=O) groups is 2. The molecule has 0 aliphatic carbocycles. The van der Waals surface area contributed by atoms with Crippen LogP contribution in [0.5, 0.6) is 0 Å². The molecule has 0 spiro atoms. The molecule has 1 aliphatic heterocycles. The van der Waals surface area contributed by atoms with E-state index in [0.717, 1.165) is 17.5 Å². The second-order valence-corrected chi connectivity index (χ2v) is 6.53. The largest absolute Gasteiger partial charge is 0.354 e. The van der Waals surface area contributed by atoms with Crippen molar-refractivity contribution in [1.82, 2.24) is 10.6 Å². The van der Waals surface area contributed by atoms with Gasteiger partial charge in [-0.05, 0) is 43.9 Å². The molecule has 1 aromatic heterocycles. The second-order valence-electron chi connectivity index (χ2n) is 5.48. The number of hydrogen-bond donors (Lipinski definition) is 2. The maximum atomic E-state index is 13.9. The summed E-state index contributed by atoms with van der Waals surface area (Å²) in [4.78, 5) is 24.8. The molecule has 3 rings (SSSR count). The van der Waals surface area contributed by atoms with E-state index in [1.165, 1.54) is 17.4 Å². The van der Waals surface area contributed by atoms with Gasteiger partial charge in [0.2, 0.25) is 5.91 Å². The first-order valence-electron chi connectivity index (χ1n) is 7.34. The van der Waals surface area contributed by atoms with Crippen molar-refractivity contribution < 1.29 is 14.0 Å². The highest BCUT2D eigenvalue weighted by Crippen LogP contribution is 2.32. The molecule has 6 heteroatoms. The van der Waals surface area contributed by atoms with E-state index in [-0.39, 0.29) is 17.6 Å². The average Bonchev–Trinajstić information content (AvgIpc) is 2.70. The Bertz CT molecular complexity index is 741. The predicted molar refractivity (Wildman–Crippen MR) is 84.6 cm³/mol. The third-order valence-corrected chi connectivity index (χ3v) is 5.21. The Morgan fingerprint density at radius 3 is 3.00 bits per heavy atom. The SMILES string of the molecule is Cc1c(C(=O)NC2CCCCNC2=O)sc2cccc(F)c12. The summed E-state index contributed by atoms with van der Waals surface area (Å²) < 4.78 is 14.7. The normalized spacial score (nSPS) is 18.8. The van der Waals surface area contributed by atoms with E-state index in [2.05, 4.69) is 10.6 Å². The Kier molecular flexibility index (Phi) is 4.11. The number of aryl methyl sites for hydroxylation is 1. The van der Waals surface area contributed by atoms with Crippen molar-refractivity contribution in [2.75, 3.05) is 6.54 Å². The molecular formula is C16H17FN2O2S. The number of hydrogen-bond acceptors (Lipinski definition) is 3. The van der Waals surface area contributed by atoms with E-state index in [1.54, 1.807) is 19.1 Å². The maximum Gasteiger partial charge on any atom is 0.262 e. The molecule has 22 heavy (non-hydrogen) atoms. The average molecular weight is 320 g/mol. The van der Waals surface area contributed by atoms with Crippen molar-refractivity contribution in [2.24, 2.45) is 0 Å². The quantitative estimate of drug-likeness (QED) is 0.894. The van der Waals surface area contributed by atoms with Gasteiger partial charge in [-0.1, -0.05) is 6.07 Å². The Hall–Kier alpha value is -1.95. The molecule has 2 heterocycles. The number of fused-ring (bicyclic) bond motifs is 1. The van der Waals surface area contributed by atoms with Crippen LogP contribution in [0.2, 0.25) is 0 Å². The third kappa shape index (κ3) is 2.70. The van der Waals surface area contributed by atoms with Gasteiger partial charge in [-0.2, -0.15) is 0 Å². The Balaban J connectivity index is 1.87. The summed E-state index contributed by atoms with van der Waals surface area (Å²) in [6, 6.07) is 4.31. The highest BCUT2D eigenvalue weighted by Gasteiger charge is 2.25. The summed E-state index contributed by atoms with van der Waals surface area (Å²) >= 11 is 1.26. The van der Waals surface area contributed by atoms with Crippen LogP contribution in [-0.2, 0) is 4.79 Å². The predicted octanol–water partition coefficient (Wildman–Crippen LogP) is 2.75. The van der Waals surface area contributed by atoms with E-state index >= 15 is 0 Å². The molecule has 1 aromatic carbocycles. The first-order chi connectivity index (χ1) is 10.6. The van der Waals surface area contributed by atoms with Gasteiger partial charge in [-0.15, -0.1) is 11.3 Å². The second kappa shape index (κ2) is 6.04. The van der Waals surface area contributed by atoms with Gasteiger partial charge >= 0.3 is 0 Å². The van der Waals surface area contributed by atoms with E-state index in [1.807, 2.05) is 0 Å². The summed E-state index contributed by atoms with van der Waals surface area (Å²) in [5.41, 5.74) is 0.629. The van der Waals surface area contributed by atoms with Crippen molar-refractivity contribution in [1.29, 1.82) is 0 Å². The van der Waals surface area contributed by atoms with Gasteiger partial charge in [0, 0.05) is 16.6 Å². The van der Waals surface area contributed by atoms with E-state index in [9.17, 15) is 14.0 Å². The Morgan fingerprint density at radius 2 is 2.23 bits per heavy atom. The molecule has 2 N–H and O–H groups in total. The lowest BCUT2D eigenvalue weighted by Crippen LogP contribution is -2.45. The summed E-state index contributed by atoms with van der Waals surface area (Å²) in [5.74, 6) is -0.770. The number of rotatable bonds is 2. The first kappa shape index (κ1) is 15.0. The number of halogens is 1. The number of carbonyl (C=O) groups excluding carboxylic acids is 2. The molecule has 4 nitrogen and oxygen atoms in total. The van der Waals surface area contributed by atoms with Gasteiger partial charge in [-0.25, -0.2) is 4.39 Å². The van der Waals surface area contributed by atoms with Gasteiger partial charge in [0.15, 0.2) is 0 Å². The fourth-order valence-electron chi connectivity index (χ4n) is 2.77. The highest BCUT2D eigenvalue weighted by molar-refractivity contribution is 7.21. The number of amides is 2. The Morgan fingerprint density at radius 1 is 1.41 bits per heavy atom. The van der Waals surface area contributed by atoms with Crippen LogP contribution in [0.4, 0.5) is 4.39 Å². The van der Waals surface area contributed by atoms with Gasteiger partial charge in [0.05, 0.1) is 4.88 Å². The molecule has 0 bridgehead atoms. The zero-order chi connectivity index (χ0) is 15.7. The molecule has 2 amide bonds. The number of benzene rings is 1. The topological polar surface area (TPSA) is 58.2 Å². The summed E-state index contributed by atoms with van der Waals surface area (Å²) in [5, 5.41) is 6.06. The van der Waals surface area contributed by atoms with Crippen LogP contribution >= 0.6 is 11.3 Å². The van der Waals surface area contributed by atoms with Crippen molar-refractivity contribution in [3.8, 4) is 0 Å². The van der Waals surface area contributed by atoms with Crippen LogP contribution in [0.25, 0.3) is 10.1 Å². The maximum absolute atomic E-state index is 13.9. The molecule has 1 fully saturated rings. The molecular weight excluding hydrogens is 303 g/mol. The monoisotopic (exact) mass is 320 g/mol. The van der Waals surface area contributed by atoms with Crippen LogP contribution < -0.4 is 10.6 Å². The van der Waals surface area contributed by atoms with Crippen LogP contribution in [0, 0.1) is 12.7 Å².